The lowest BCUT2D eigenvalue weighted by Gasteiger charge is -2.23. The molecule has 0 bridgehead atoms. The molecule has 0 saturated carbocycles. The van der Waals surface area contributed by atoms with E-state index in [-0.39, 0.29) is 18.6 Å². The maximum absolute atomic E-state index is 10.1. The molecule has 3 aromatic carbocycles. The number of carboxylic acids is 1. The predicted molar refractivity (Wildman–Crippen MR) is 130 cm³/mol. The van der Waals surface area contributed by atoms with Gasteiger partial charge in [-0.1, -0.05) is 72.8 Å². The van der Waals surface area contributed by atoms with E-state index in [1.54, 1.807) is 24.3 Å². The van der Waals surface area contributed by atoms with Crippen LogP contribution in [0.5, 0.6) is 11.5 Å². The number of rotatable bonds is 10. The molecule has 0 amide bonds. The zero-order valence-electron chi connectivity index (χ0n) is 19.9. The van der Waals surface area contributed by atoms with Crippen molar-refractivity contribution in [2.45, 2.75) is 38.9 Å². The molecule has 5 heteroatoms. The number of hydrogen-bond acceptors (Lipinski definition) is 5. The summed E-state index contributed by atoms with van der Waals surface area (Å²) in [6, 6.07) is 27.2. The number of benzene rings is 3. The van der Waals surface area contributed by atoms with Crippen molar-refractivity contribution in [3.8, 4) is 11.5 Å². The van der Waals surface area contributed by atoms with Crippen LogP contribution >= 0.6 is 0 Å². The van der Waals surface area contributed by atoms with E-state index in [1.807, 2.05) is 50.2 Å². The van der Waals surface area contributed by atoms with Gasteiger partial charge in [0.25, 0.3) is 0 Å². The average molecular weight is 449 g/mol. The molecule has 0 aromatic heterocycles. The lowest BCUT2D eigenvalue weighted by atomic mass is 10.1. The first kappa shape index (κ1) is 25.9. The summed E-state index contributed by atoms with van der Waals surface area (Å²) in [6.45, 7) is 5.02. The van der Waals surface area contributed by atoms with Crippen molar-refractivity contribution in [1.82, 2.24) is 4.90 Å². The number of aliphatic carboxylic acids is 1. The lowest BCUT2D eigenvalue weighted by molar-refractivity contribution is -0.304. The molecule has 5 nitrogen and oxygen atoms in total. The minimum absolute atomic E-state index is 0.000833. The summed E-state index contributed by atoms with van der Waals surface area (Å²) >= 11 is 0. The normalized spacial score (nSPS) is 11.5. The van der Waals surface area contributed by atoms with E-state index in [1.165, 1.54) is 5.56 Å². The molecular weight excluding hydrogens is 414 g/mol. The number of carbonyl (C=O) groups is 1. The fourth-order valence-electron chi connectivity index (χ4n) is 3.15. The summed E-state index contributed by atoms with van der Waals surface area (Å²) in [5.41, 5.74) is 1.97. The molecule has 0 spiro atoms. The summed E-state index contributed by atoms with van der Waals surface area (Å²) in [7, 11) is 4.16. The predicted octanol–water partition coefficient (Wildman–Crippen LogP) is 4.52. The largest absolute Gasteiger partial charge is 0.550 e. The first-order valence-corrected chi connectivity index (χ1v) is 11.2. The highest BCUT2D eigenvalue weighted by molar-refractivity contribution is 5.67. The van der Waals surface area contributed by atoms with E-state index in [4.69, 9.17) is 9.47 Å². The van der Waals surface area contributed by atoms with Gasteiger partial charge in [0.1, 0.15) is 6.10 Å². The number of nitrogens with zero attached hydrogens (tertiary/aromatic N) is 1. The Labute approximate surface area is 197 Å². The van der Waals surface area contributed by atoms with E-state index < -0.39 is 5.97 Å². The summed E-state index contributed by atoms with van der Waals surface area (Å²) in [4.78, 5) is 12.2. The van der Waals surface area contributed by atoms with E-state index in [0.29, 0.717) is 0 Å². The highest BCUT2D eigenvalue weighted by Crippen LogP contribution is 2.33. The molecule has 3 aromatic rings. The Morgan fingerprint density at radius 1 is 0.818 bits per heavy atom. The first-order chi connectivity index (χ1) is 15.8. The Morgan fingerprint density at radius 3 is 1.85 bits per heavy atom. The molecule has 3 rings (SSSR count). The topological polar surface area (TPSA) is 61.8 Å². The van der Waals surface area contributed by atoms with Crippen molar-refractivity contribution in [2.24, 2.45) is 0 Å². The van der Waals surface area contributed by atoms with Crippen LogP contribution < -0.4 is 14.6 Å². The minimum Gasteiger partial charge on any atom is -0.550 e. The molecular formula is C28H34NO4-. The van der Waals surface area contributed by atoms with Crippen molar-refractivity contribution in [3.05, 3.63) is 96.1 Å². The Kier molecular flexibility index (Phi) is 11.0. The van der Waals surface area contributed by atoms with Crippen LogP contribution in [0.3, 0.4) is 0 Å². The molecule has 33 heavy (non-hydrogen) atoms. The molecule has 0 fully saturated rings. The van der Waals surface area contributed by atoms with Gasteiger partial charge >= 0.3 is 0 Å². The molecule has 1 unspecified atom stereocenters. The molecule has 1 atom stereocenters. The second-order valence-corrected chi connectivity index (χ2v) is 8.26. The van der Waals surface area contributed by atoms with Crippen LogP contribution in [0.4, 0.5) is 0 Å². The number of carboxylic acid groups (broad SMARTS) is 1. The minimum atomic E-state index is -1.04. The highest BCUT2D eigenvalue weighted by Gasteiger charge is 2.16. The van der Waals surface area contributed by atoms with Crippen LogP contribution in [-0.2, 0) is 11.2 Å². The molecule has 0 heterocycles. The zero-order chi connectivity index (χ0) is 24.1. The second kappa shape index (κ2) is 14.0. The van der Waals surface area contributed by atoms with Gasteiger partial charge in [0.2, 0.25) is 0 Å². The third-order valence-corrected chi connectivity index (χ3v) is 4.68. The van der Waals surface area contributed by atoms with Crippen molar-refractivity contribution in [1.29, 1.82) is 0 Å². The zero-order valence-corrected chi connectivity index (χ0v) is 19.9. The first-order valence-electron chi connectivity index (χ1n) is 11.2. The van der Waals surface area contributed by atoms with Crippen LogP contribution in [0.25, 0.3) is 0 Å². The van der Waals surface area contributed by atoms with Gasteiger partial charge < -0.3 is 24.3 Å². The number of hydrogen-bond donors (Lipinski definition) is 0. The molecule has 0 N–H and O–H groups in total. The smallest absolute Gasteiger partial charge is 0.162 e. The molecule has 176 valence electrons. The summed E-state index contributed by atoms with van der Waals surface area (Å²) in [5, 5.41) is 10.1. The highest BCUT2D eigenvalue weighted by atomic mass is 16.5. The molecule has 0 aliphatic rings. The van der Waals surface area contributed by atoms with Gasteiger partial charge in [0, 0.05) is 25.4 Å². The lowest BCUT2D eigenvalue weighted by Crippen LogP contribution is -2.24. The maximum Gasteiger partial charge on any atom is 0.162 e. The maximum atomic E-state index is 10.1. The summed E-state index contributed by atoms with van der Waals surface area (Å²) in [5.74, 6) is 0.563. The molecule has 0 radical (unpaired) electrons. The SMILES string of the molecule is CC(C)Oc1ccccc1OC(CCN(C)C)c1ccccc1.O=C([O-])Cc1ccccc1. The van der Waals surface area contributed by atoms with Crippen molar-refractivity contribution in [3.63, 3.8) is 0 Å². The Morgan fingerprint density at radius 2 is 1.33 bits per heavy atom. The summed E-state index contributed by atoms with van der Waals surface area (Å²) < 4.78 is 12.2. The third kappa shape index (κ3) is 10.2. The Balaban J connectivity index is 0.000000321. The van der Waals surface area contributed by atoms with E-state index in [9.17, 15) is 9.90 Å². The third-order valence-electron chi connectivity index (χ3n) is 4.68. The van der Waals surface area contributed by atoms with Gasteiger partial charge in [-0.15, -0.1) is 0 Å². The van der Waals surface area contributed by atoms with E-state index >= 15 is 0 Å². The van der Waals surface area contributed by atoms with Gasteiger partial charge in [-0.25, -0.2) is 0 Å². The van der Waals surface area contributed by atoms with Crippen LogP contribution in [0.1, 0.15) is 37.5 Å². The van der Waals surface area contributed by atoms with Crippen molar-refractivity contribution >= 4 is 5.97 Å². The Hall–Kier alpha value is -3.31. The second-order valence-electron chi connectivity index (χ2n) is 8.26. The number of carbonyl (C=O) groups excluding carboxylic acids is 1. The van der Waals surface area contributed by atoms with Crippen molar-refractivity contribution in [2.75, 3.05) is 20.6 Å². The van der Waals surface area contributed by atoms with Crippen LogP contribution in [0, 0.1) is 0 Å². The molecule has 0 saturated heterocycles. The van der Waals surface area contributed by atoms with Gasteiger partial charge in [0.05, 0.1) is 6.10 Å². The van der Waals surface area contributed by atoms with Crippen LogP contribution in [0.15, 0.2) is 84.9 Å². The quantitative estimate of drug-likeness (QED) is 0.456. The van der Waals surface area contributed by atoms with Crippen LogP contribution in [-0.4, -0.2) is 37.6 Å². The standard InChI is InChI=1S/C20H27NO2.C8H8O2/c1-16(2)22-19-12-8-9-13-20(19)23-18(14-15-21(3)4)17-10-6-5-7-11-17;9-8(10)6-7-4-2-1-3-5-7/h5-13,16,18H,14-15H2,1-4H3;1-5H,6H2,(H,9,10)/p-1. The number of para-hydroxylation sites is 2. The van der Waals surface area contributed by atoms with E-state index in [0.717, 1.165) is 30.0 Å². The molecule has 0 aliphatic carbocycles. The van der Waals surface area contributed by atoms with Gasteiger partial charge in [-0.3, -0.25) is 0 Å². The average Bonchev–Trinajstić information content (AvgIpc) is 2.78. The molecule has 0 aliphatic heterocycles. The fourth-order valence-corrected chi connectivity index (χ4v) is 3.15. The van der Waals surface area contributed by atoms with Gasteiger partial charge in [-0.2, -0.15) is 0 Å². The van der Waals surface area contributed by atoms with Crippen molar-refractivity contribution < 1.29 is 19.4 Å². The monoisotopic (exact) mass is 448 g/mol. The van der Waals surface area contributed by atoms with Gasteiger partial charge in [-0.05, 0) is 51.2 Å². The van der Waals surface area contributed by atoms with E-state index in [2.05, 4.69) is 43.3 Å². The number of ether oxygens (including phenoxy) is 2. The van der Waals surface area contributed by atoms with Gasteiger partial charge in [0.15, 0.2) is 11.5 Å². The summed E-state index contributed by atoms with van der Waals surface area (Å²) in [6.07, 6.45) is 1.06. The van der Waals surface area contributed by atoms with Crippen LogP contribution in [0.2, 0.25) is 0 Å². The fraction of sp³-hybridized carbons (Fsp3) is 0.321. The Bertz CT molecular complexity index is 942.